The maximum absolute atomic E-state index is 8.98. The molecule has 68 valence electrons. The zero-order chi connectivity index (χ0) is 9.14. The van der Waals surface area contributed by atoms with Gasteiger partial charge in [0, 0.05) is 19.1 Å². The lowest BCUT2D eigenvalue weighted by molar-refractivity contribution is 0.0187. The fraction of sp³-hybridized carbons (Fsp3) is 0.429. The second-order valence-electron chi connectivity index (χ2n) is 2.37. The molecule has 0 aromatic carbocycles. The monoisotopic (exact) mass is 174 g/mol. The van der Waals surface area contributed by atoms with Gasteiger partial charge in [-0.1, -0.05) is 0 Å². The molecule has 0 aliphatic carbocycles. The molecule has 1 aliphatic rings. The van der Waals surface area contributed by atoms with Crippen LogP contribution in [0.15, 0.2) is 23.5 Å². The predicted molar refractivity (Wildman–Crippen MR) is 39.6 cm³/mol. The minimum absolute atomic E-state index is 0.123. The Kier molecular flexibility index (Phi) is 2.44. The van der Waals surface area contributed by atoms with Crippen molar-refractivity contribution < 1.29 is 25.2 Å². The molecule has 0 amide bonds. The highest BCUT2D eigenvalue weighted by atomic mass is 16.6. The molecule has 0 radical (unpaired) electrons. The number of ether oxygens (including phenoxy) is 1. The molecule has 0 aromatic rings. The van der Waals surface area contributed by atoms with Crippen molar-refractivity contribution in [2.45, 2.75) is 12.5 Å². The first-order valence-electron chi connectivity index (χ1n) is 3.46. The smallest absolute Gasteiger partial charge is 0.325 e. The van der Waals surface area contributed by atoms with Gasteiger partial charge in [-0.2, -0.15) is 0 Å². The summed E-state index contributed by atoms with van der Waals surface area (Å²) in [5.41, 5.74) is 0. The molecule has 12 heavy (non-hydrogen) atoms. The molecule has 1 atom stereocenters. The lowest BCUT2D eigenvalue weighted by atomic mass is 10.2. The van der Waals surface area contributed by atoms with Crippen molar-refractivity contribution in [1.82, 2.24) is 0 Å². The van der Waals surface area contributed by atoms with Gasteiger partial charge in [0.25, 0.3) is 0 Å². The Balaban J connectivity index is 2.70. The molecule has 0 spiro atoms. The lowest BCUT2D eigenvalue weighted by Gasteiger charge is -2.18. The van der Waals surface area contributed by atoms with Gasteiger partial charge < -0.3 is 25.2 Å². The minimum Gasteiger partial charge on any atom is -0.504 e. The van der Waals surface area contributed by atoms with Crippen molar-refractivity contribution in [2.75, 3.05) is 6.61 Å². The van der Waals surface area contributed by atoms with E-state index >= 15 is 0 Å². The summed E-state index contributed by atoms with van der Waals surface area (Å²) in [6.07, 6.45) is 0.873. The topological polar surface area (TPSA) is 90.2 Å². The van der Waals surface area contributed by atoms with Gasteiger partial charge in [0.15, 0.2) is 5.76 Å². The number of aliphatic hydroxyl groups excluding tert-OH is 4. The molecular formula is C7H10O5. The Morgan fingerprint density at radius 2 is 2.00 bits per heavy atom. The minimum atomic E-state index is -0.714. The Morgan fingerprint density at radius 3 is 2.50 bits per heavy atom. The Labute approximate surface area is 68.8 Å². The number of aliphatic hydroxyl groups is 4. The molecule has 1 aliphatic heterocycles. The molecule has 5 heteroatoms. The van der Waals surface area contributed by atoms with Crippen LogP contribution in [0.25, 0.3) is 0 Å². The number of rotatable bonds is 2. The van der Waals surface area contributed by atoms with Gasteiger partial charge in [-0.05, 0) is 0 Å². The van der Waals surface area contributed by atoms with Gasteiger partial charge >= 0.3 is 5.95 Å². The highest BCUT2D eigenvalue weighted by Gasteiger charge is 2.21. The van der Waals surface area contributed by atoms with Gasteiger partial charge in [-0.15, -0.1) is 0 Å². The third-order valence-electron chi connectivity index (χ3n) is 1.47. The van der Waals surface area contributed by atoms with Crippen LogP contribution in [0.2, 0.25) is 0 Å². The molecular weight excluding hydrogens is 164 g/mol. The second kappa shape index (κ2) is 3.36. The molecule has 1 heterocycles. The van der Waals surface area contributed by atoms with Crippen LogP contribution in [0, 0.1) is 0 Å². The van der Waals surface area contributed by atoms with E-state index in [9.17, 15) is 0 Å². The van der Waals surface area contributed by atoms with Gasteiger partial charge in [0.1, 0.15) is 6.10 Å². The van der Waals surface area contributed by atoms with Crippen LogP contribution in [-0.2, 0) is 4.74 Å². The standard InChI is InChI=1S/C7H10O5/c8-2-1-4-3-5(9)6(10)7(11)12-4/h3-4,8-11H,1-2H2. The van der Waals surface area contributed by atoms with Crippen molar-refractivity contribution in [2.24, 2.45) is 0 Å². The first-order chi connectivity index (χ1) is 5.65. The quantitative estimate of drug-likeness (QED) is 0.489. The van der Waals surface area contributed by atoms with E-state index in [0.29, 0.717) is 0 Å². The molecule has 4 N–H and O–H groups in total. The van der Waals surface area contributed by atoms with Crippen LogP contribution < -0.4 is 0 Å². The first kappa shape index (κ1) is 8.73. The highest BCUT2D eigenvalue weighted by Crippen LogP contribution is 2.19. The van der Waals surface area contributed by atoms with E-state index in [1.165, 1.54) is 6.08 Å². The summed E-state index contributed by atoms with van der Waals surface area (Å²) in [4.78, 5) is 0. The second-order valence-corrected chi connectivity index (χ2v) is 2.37. The fourth-order valence-electron chi connectivity index (χ4n) is 0.867. The molecule has 5 nitrogen and oxygen atoms in total. The first-order valence-corrected chi connectivity index (χ1v) is 3.46. The highest BCUT2D eigenvalue weighted by molar-refractivity contribution is 5.22. The van der Waals surface area contributed by atoms with Crippen LogP contribution in [0.3, 0.4) is 0 Å². The van der Waals surface area contributed by atoms with E-state index in [4.69, 9.17) is 25.2 Å². The normalized spacial score (nSPS) is 23.4. The van der Waals surface area contributed by atoms with Gasteiger partial charge in [0.2, 0.25) is 5.76 Å². The predicted octanol–water partition coefficient (Wildman–Crippen LogP) is 0.495. The maximum Gasteiger partial charge on any atom is 0.325 e. The Hall–Kier alpha value is -1.36. The Bertz CT molecular complexity index is 230. The van der Waals surface area contributed by atoms with Gasteiger partial charge in [-0.25, -0.2) is 0 Å². The maximum atomic E-state index is 8.98. The third-order valence-corrected chi connectivity index (χ3v) is 1.47. The zero-order valence-corrected chi connectivity index (χ0v) is 6.27. The van der Waals surface area contributed by atoms with Crippen LogP contribution in [-0.4, -0.2) is 33.1 Å². The van der Waals surface area contributed by atoms with E-state index in [2.05, 4.69) is 0 Å². The van der Waals surface area contributed by atoms with E-state index in [1.807, 2.05) is 0 Å². The summed E-state index contributed by atoms with van der Waals surface area (Å²) in [7, 11) is 0. The summed E-state index contributed by atoms with van der Waals surface area (Å²) in [6, 6.07) is 0. The van der Waals surface area contributed by atoms with E-state index in [0.717, 1.165) is 0 Å². The van der Waals surface area contributed by atoms with Crippen molar-refractivity contribution >= 4 is 0 Å². The molecule has 1 unspecified atom stereocenters. The zero-order valence-electron chi connectivity index (χ0n) is 6.27. The molecule has 0 aromatic heterocycles. The number of hydrogen-bond donors (Lipinski definition) is 4. The number of hydrogen-bond acceptors (Lipinski definition) is 5. The van der Waals surface area contributed by atoms with Crippen LogP contribution in [0.5, 0.6) is 0 Å². The Morgan fingerprint density at radius 1 is 1.33 bits per heavy atom. The van der Waals surface area contributed by atoms with E-state index in [1.54, 1.807) is 0 Å². The lowest BCUT2D eigenvalue weighted by Crippen LogP contribution is -2.18. The molecule has 0 saturated heterocycles. The molecule has 1 rings (SSSR count). The molecule has 0 bridgehead atoms. The van der Waals surface area contributed by atoms with Crippen molar-refractivity contribution in [3.05, 3.63) is 23.5 Å². The van der Waals surface area contributed by atoms with Crippen LogP contribution in [0.1, 0.15) is 6.42 Å². The van der Waals surface area contributed by atoms with Crippen molar-refractivity contribution in [3.8, 4) is 0 Å². The largest absolute Gasteiger partial charge is 0.504 e. The van der Waals surface area contributed by atoms with Crippen LogP contribution >= 0.6 is 0 Å². The van der Waals surface area contributed by atoms with E-state index < -0.39 is 23.6 Å². The SMILES string of the molecule is OCCC1C=C(O)C(O)=C(O)O1. The van der Waals surface area contributed by atoms with Gasteiger partial charge in [-0.3, -0.25) is 0 Å². The summed E-state index contributed by atoms with van der Waals surface area (Å²) in [6.45, 7) is -0.123. The molecule has 0 fully saturated rings. The summed E-state index contributed by atoms with van der Waals surface area (Å²) in [5.74, 6) is -1.82. The summed E-state index contributed by atoms with van der Waals surface area (Å²) < 4.78 is 4.70. The molecule has 0 saturated carbocycles. The third kappa shape index (κ3) is 1.62. The fourth-order valence-corrected chi connectivity index (χ4v) is 0.867. The van der Waals surface area contributed by atoms with Gasteiger partial charge in [0.05, 0.1) is 0 Å². The van der Waals surface area contributed by atoms with Crippen LogP contribution in [0.4, 0.5) is 0 Å². The van der Waals surface area contributed by atoms with Crippen molar-refractivity contribution in [3.63, 3.8) is 0 Å². The summed E-state index contributed by atoms with van der Waals surface area (Å²) >= 11 is 0. The van der Waals surface area contributed by atoms with E-state index in [-0.39, 0.29) is 13.0 Å². The van der Waals surface area contributed by atoms with Crippen molar-refractivity contribution in [1.29, 1.82) is 0 Å². The average molecular weight is 174 g/mol. The average Bonchev–Trinajstić information content (AvgIpc) is 2.01. The summed E-state index contributed by atoms with van der Waals surface area (Å²) in [5, 5.41) is 35.2.